The second-order valence-electron chi connectivity index (χ2n) is 0.879. The summed E-state index contributed by atoms with van der Waals surface area (Å²) >= 11 is 2.15. The zero-order chi connectivity index (χ0) is 4.41. The number of halogens is 1. The van der Waals surface area contributed by atoms with Crippen molar-refractivity contribution in [3.8, 4) is 0 Å². The fourth-order valence-corrected chi connectivity index (χ4v) is 1.95. The van der Waals surface area contributed by atoms with Gasteiger partial charge in [0.1, 0.15) is 0 Å². The molecule has 1 aliphatic heterocycles. The summed E-state index contributed by atoms with van der Waals surface area (Å²) in [5, 5.41) is 0. The van der Waals surface area contributed by atoms with Crippen molar-refractivity contribution in [2.24, 2.45) is 0 Å². The van der Waals surface area contributed by atoms with Crippen LogP contribution in [0.1, 0.15) is 0 Å². The van der Waals surface area contributed by atoms with Crippen LogP contribution in [0.2, 0.25) is 0 Å². The number of hydrogen-bond donors (Lipinski definition) is 0. The Kier molecular flexibility index (Phi) is 2.09. The molecule has 0 atom stereocenters. The van der Waals surface area contributed by atoms with Gasteiger partial charge in [0.25, 0.3) is 0 Å². The molecular formula is C2H4IO2P. The van der Waals surface area contributed by atoms with Crippen LogP contribution < -0.4 is 0 Å². The van der Waals surface area contributed by atoms with E-state index in [1.807, 2.05) is 0 Å². The fourth-order valence-electron chi connectivity index (χ4n) is 0.255. The zero-order valence-corrected chi connectivity index (χ0v) is 6.11. The Hall–Kier alpha value is 1.08. The predicted octanol–water partition coefficient (Wildman–Crippen LogP) is 1.70. The van der Waals surface area contributed by atoms with Crippen molar-refractivity contribution in [2.45, 2.75) is 0 Å². The molecular weight excluding hydrogens is 214 g/mol. The first-order valence-corrected chi connectivity index (χ1v) is 5.57. The van der Waals surface area contributed by atoms with E-state index in [0.29, 0.717) is 0 Å². The summed E-state index contributed by atoms with van der Waals surface area (Å²) in [5.74, 6) is 0. The molecule has 4 heteroatoms. The van der Waals surface area contributed by atoms with E-state index in [4.69, 9.17) is 9.05 Å². The first-order chi connectivity index (χ1) is 2.89. The molecule has 0 amide bonds. The molecule has 6 heavy (non-hydrogen) atoms. The van der Waals surface area contributed by atoms with Crippen LogP contribution in [-0.2, 0) is 9.05 Å². The van der Waals surface area contributed by atoms with Crippen LogP contribution in [-0.4, -0.2) is 13.2 Å². The summed E-state index contributed by atoms with van der Waals surface area (Å²) in [4.78, 5) is 0. The second-order valence-corrected chi connectivity index (χ2v) is 4.18. The molecule has 0 saturated carbocycles. The second kappa shape index (κ2) is 2.40. The molecule has 0 spiro atoms. The van der Waals surface area contributed by atoms with E-state index in [0.717, 1.165) is 13.2 Å². The maximum atomic E-state index is 4.98. The highest BCUT2D eigenvalue weighted by Gasteiger charge is 2.10. The van der Waals surface area contributed by atoms with Crippen molar-refractivity contribution in [1.82, 2.24) is 0 Å². The van der Waals surface area contributed by atoms with Crippen molar-refractivity contribution >= 4 is 28.1 Å². The quantitative estimate of drug-likeness (QED) is 0.455. The van der Waals surface area contributed by atoms with Crippen molar-refractivity contribution in [2.75, 3.05) is 13.2 Å². The van der Waals surface area contributed by atoms with Gasteiger partial charge in [-0.25, -0.2) is 0 Å². The van der Waals surface area contributed by atoms with Gasteiger partial charge in [-0.2, -0.15) is 0 Å². The Morgan fingerprint density at radius 1 is 1.33 bits per heavy atom. The Morgan fingerprint density at radius 3 is 2.00 bits per heavy atom. The van der Waals surface area contributed by atoms with Gasteiger partial charge in [0, 0.05) is 22.0 Å². The molecule has 0 aromatic rings. The zero-order valence-electron chi connectivity index (χ0n) is 3.06. The van der Waals surface area contributed by atoms with Gasteiger partial charge in [-0.1, -0.05) is 0 Å². The van der Waals surface area contributed by atoms with Gasteiger partial charge in [0.15, 0.2) is 0 Å². The molecule has 2 nitrogen and oxygen atoms in total. The molecule has 1 fully saturated rings. The largest absolute Gasteiger partial charge is 0.324 e. The van der Waals surface area contributed by atoms with Gasteiger partial charge in [0.05, 0.1) is 13.2 Å². The average molecular weight is 218 g/mol. The highest BCUT2D eigenvalue weighted by molar-refractivity contribution is 14.2. The van der Waals surface area contributed by atoms with Crippen molar-refractivity contribution in [3.63, 3.8) is 0 Å². The summed E-state index contributed by atoms with van der Waals surface area (Å²) in [7, 11) is 0. The lowest BCUT2D eigenvalue weighted by atomic mass is 10.8. The molecule has 0 bridgehead atoms. The summed E-state index contributed by atoms with van der Waals surface area (Å²) in [6, 6.07) is -0.495. The van der Waals surface area contributed by atoms with E-state index in [9.17, 15) is 0 Å². The lowest BCUT2D eigenvalue weighted by Crippen LogP contribution is -1.79. The molecule has 0 aromatic heterocycles. The maximum absolute atomic E-state index is 4.98. The van der Waals surface area contributed by atoms with E-state index in [1.165, 1.54) is 0 Å². The Labute approximate surface area is 50.6 Å². The van der Waals surface area contributed by atoms with Gasteiger partial charge in [-0.3, -0.25) is 0 Å². The molecule has 1 heterocycles. The maximum Gasteiger partial charge on any atom is 0.240 e. The van der Waals surface area contributed by atoms with Crippen LogP contribution in [0.4, 0.5) is 0 Å². The highest BCUT2D eigenvalue weighted by atomic mass is 127. The lowest BCUT2D eigenvalue weighted by Gasteiger charge is -1.90. The van der Waals surface area contributed by atoms with Gasteiger partial charge in [-0.05, 0) is 0 Å². The van der Waals surface area contributed by atoms with Gasteiger partial charge in [-0.15, -0.1) is 0 Å². The summed E-state index contributed by atoms with van der Waals surface area (Å²) < 4.78 is 9.96. The third-order valence-electron chi connectivity index (χ3n) is 0.469. The summed E-state index contributed by atoms with van der Waals surface area (Å²) in [6.07, 6.45) is 0. The molecule has 1 aliphatic rings. The average Bonchev–Trinajstić information content (AvgIpc) is 1.86. The monoisotopic (exact) mass is 218 g/mol. The number of hydrogen-bond acceptors (Lipinski definition) is 2. The minimum Gasteiger partial charge on any atom is -0.324 e. The molecule has 0 radical (unpaired) electrons. The van der Waals surface area contributed by atoms with Crippen molar-refractivity contribution < 1.29 is 9.05 Å². The van der Waals surface area contributed by atoms with Crippen LogP contribution in [0.25, 0.3) is 0 Å². The third-order valence-corrected chi connectivity index (χ3v) is 2.91. The van der Waals surface area contributed by atoms with Gasteiger partial charge in [0.2, 0.25) is 6.02 Å². The van der Waals surface area contributed by atoms with E-state index in [-0.39, 0.29) is 0 Å². The van der Waals surface area contributed by atoms with E-state index in [2.05, 4.69) is 22.0 Å². The van der Waals surface area contributed by atoms with Crippen LogP contribution in [0.15, 0.2) is 0 Å². The Morgan fingerprint density at radius 2 is 1.83 bits per heavy atom. The summed E-state index contributed by atoms with van der Waals surface area (Å²) in [5.41, 5.74) is 0. The first-order valence-electron chi connectivity index (χ1n) is 1.61. The lowest BCUT2D eigenvalue weighted by molar-refractivity contribution is 0.365. The fraction of sp³-hybridized carbons (Fsp3) is 1.00. The molecule has 1 saturated heterocycles. The van der Waals surface area contributed by atoms with Crippen LogP contribution >= 0.6 is 28.1 Å². The summed E-state index contributed by atoms with van der Waals surface area (Å²) in [6.45, 7) is 1.57. The Balaban J connectivity index is 2.18. The molecule has 0 aromatic carbocycles. The SMILES string of the molecule is IP1OCCO1. The van der Waals surface area contributed by atoms with Crippen molar-refractivity contribution in [3.05, 3.63) is 0 Å². The van der Waals surface area contributed by atoms with Crippen LogP contribution in [0.3, 0.4) is 0 Å². The third kappa shape index (κ3) is 1.30. The smallest absolute Gasteiger partial charge is 0.240 e. The number of rotatable bonds is 0. The van der Waals surface area contributed by atoms with Crippen LogP contribution in [0, 0.1) is 0 Å². The molecule has 36 valence electrons. The van der Waals surface area contributed by atoms with Gasteiger partial charge < -0.3 is 9.05 Å². The normalized spacial score (nSPS) is 25.5. The Bertz CT molecular complexity index is 44.8. The first kappa shape index (κ1) is 5.22. The highest BCUT2D eigenvalue weighted by Crippen LogP contribution is 2.50. The molecule has 0 unspecified atom stereocenters. The molecule has 1 rings (SSSR count). The standard InChI is InChI=1S/C2H4IO2P/c3-6-4-1-2-5-6/h1-2H2. The molecule has 0 aliphatic carbocycles. The minimum absolute atomic E-state index is 0.495. The topological polar surface area (TPSA) is 18.5 Å². The van der Waals surface area contributed by atoms with Crippen molar-refractivity contribution in [1.29, 1.82) is 0 Å². The molecule has 0 N–H and O–H groups in total. The van der Waals surface area contributed by atoms with E-state index < -0.39 is 6.02 Å². The van der Waals surface area contributed by atoms with E-state index >= 15 is 0 Å². The van der Waals surface area contributed by atoms with E-state index in [1.54, 1.807) is 0 Å². The minimum atomic E-state index is -0.495. The predicted molar refractivity (Wildman–Crippen MR) is 32.8 cm³/mol. The van der Waals surface area contributed by atoms with Crippen LogP contribution in [0.5, 0.6) is 0 Å². The van der Waals surface area contributed by atoms with Gasteiger partial charge >= 0.3 is 0 Å².